The van der Waals surface area contributed by atoms with Crippen molar-refractivity contribution in [1.82, 2.24) is 59.3 Å². The molecule has 3 N–H and O–H groups in total. The number of piperidine rings is 2. The maximum Gasteiger partial charge on any atom is 0.318 e. The van der Waals surface area contributed by atoms with Crippen LogP contribution in [0, 0.1) is 11.8 Å². The smallest absolute Gasteiger partial charge is 0.318 e. The standard InChI is InChI=1S/C32H38N6O3.C31H37FN6O3.C31H38N6O4.2CH4/c1-2-30(40)36-11-13-37(14-12-36)31-27-8-10-38(29-18-25(39)17-22-6-3-4-7-26(22)29)21-28(27)33-32(34-31)41-15-5-9-35-19-23-16-24(23)20-35;1-2-29(40)36-12-14-37(15-13-36)30-26-9-11-38(28-19-24(39)18-22-6-3-4-8-25(22)28)21-27(26)33-31(34-30)41-17-16-35-10-5-7-23(32)20-35;1-2-29(39)35-11-13-36(14-12-35)30-26-8-10-37(28-21-24(38)20-23-6-3-4-7-25(23)28)22-27(26)32-31(33-30)41-17-5-9-34-15-18-40-19-16-34;;/h2-4,6-7,17-18,23-24,39H,1,5,8-16,19-21H2;2-4,6,8,18-19,23,39H,1,5,7,9-17,20-21H2;2-4,6-7,20-21,38H,1,5,8-19,22H2;2*1H4/t;23-;;;/m.1.../s1. The molecule has 0 radical (unpaired) electrons. The Labute approximate surface area is 732 Å². The van der Waals surface area contributed by atoms with E-state index in [1.807, 2.05) is 88.7 Å². The summed E-state index contributed by atoms with van der Waals surface area (Å²) in [5.41, 5.74) is 9.16. The Hall–Kier alpha value is -11.7. The van der Waals surface area contributed by atoms with Crippen molar-refractivity contribution in [3.8, 4) is 35.3 Å². The molecule has 9 aromatic rings. The van der Waals surface area contributed by atoms with Crippen LogP contribution in [0.5, 0.6) is 35.3 Å². The van der Waals surface area contributed by atoms with E-state index in [0.29, 0.717) is 156 Å². The van der Waals surface area contributed by atoms with Crippen molar-refractivity contribution in [3.05, 3.63) is 181 Å². The van der Waals surface area contributed by atoms with Crippen LogP contribution >= 0.6 is 0 Å². The lowest BCUT2D eigenvalue weighted by molar-refractivity contribution is -0.127. The highest BCUT2D eigenvalue weighted by atomic mass is 19.1. The van der Waals surface area contributed by atoms with Crippen LogP contribution in [0.1, 0.15) is 80.7 Å². The monoisotopic (exact) mass is 1700 g/mol. The van der Waals surface area contributed by atoms with Gasteiger partial charge in [0.25, 0.3) is 0 Å². The second kappa shape index (κ2) is 40.5. The molecule has 12 heterocycles. The van der Waals surface area contributed by atoms with E-state index < -0.39 is 6.17 Å². The van der Waals surface area contributed by atoms with Gasteiger partial charge in [-0.3, -0.25) is 24.2 Å². The highest BCUT2D eigenvalue weighted by Gasteiger charge is 2.45. The van der Waals surface area contributed by atoms with Crippen molar-refractivity contribution < 1.29 is 53.0 Å². The van der Waals surface area contributed by atoms with Crippen LogP contribution in [-0.2, 0) is 58.0 Å². The Morgan fingerprint density at radius 3 is 1.14 bits per heavy atom. The normalized spacial score (nSPS) is 19.6. The first kappa shape index (κ1) is 88.2. The molecule has 7 fully saturated rings. The lowest BCUT2D eigenvalue weighted by atomic mass is 10.0. The average molecular weight is 1710 g/mol. The minimum absolute atomic E-state index is 0. The SMILES string of the molecule is C.C.C=CC(=O)N1CCN(c2nc(OCCCN3CC4CC4C3)nc3c2CCN(c2cc(O)cc4ccccc24)C3)CC1.C=CC(=O)N1CCN(c2nc(OCCCN3CCOCC3)nc3c2CCN(c2cc(O)cc4ccccc24)C3)CC1.C=CC(=O)N1CCN(c2nc(OCCN3CCC[C@@H](F)C3)nc3c2CCN(c2cc(O)cc4ccccc24)C3)CC1. The molecule has 9 aliphatic heterocycles. The summed E-state index contributed by atoms with van der Waals surface area (Å²) in [4.78, 5) is 92.0. The molecule has 2 unspecified atom stereocenters. The zero-order chi connectivity index (χ0) is 84.5. The quantitative estimate of drug-likeness (QED) is 0.0397. The zero-order valence-electron chi connectivity index (χ0n) is 70.4. The number of nitrogens with zero attached hydrogens (tertiary/aromatic N) is 18. The van der Waals surface area contributed by atoms with Gasteiger partial charge in [-0.05, 0) is 122 Å². The zero-order valence-corrected chi connectivity index (χ0v) is 70.4. The van der Waals surface area contributed by atoms with Gasteiger partial charge in [-0.15, -0.1) is 0 Å². The van der Waals surface area contributed by atoms with Gasteiger partial charge in [-0.1, -0.05) is 107 Å². The van der Waals surface area contributed by atoms with Gasteiger partial charge in [0.1, 0.15) is 47.5 Å². The second-order valence-corrected chi connectivity index (χ2v) is 33.6. The van der Waals surface area contributed by atoms with Gasteiger partial charge in [0, 0.05) is 219 Å². The van der Waals surface area contributed by atoms with Crippen molar-refractivity contribution in [2.75, 3.05) is 220 Å². The summed E-state index contributed by atoms with van der Waals surface area (Å²) in [6.45, 7) is 34.3. The molecule has 6 saturated heterocycles. The number of amides is 3. The van der Waals surface area contributed by atoms with Gasteiger partial charge in [0.15, 0.2) is 0 Å². The first-order valence-electron chi connectivity index (χ1n) is 44.0. The van der Waals surface area contributed by atoms with E-state index in [2.05, 4.69) is 82.0 Å². The molecule has 19 rings (SSSR count). The number of morpholine rings is 1. The second-order valence-electron chi connectivity index (χ2n) is 33.6. The van der Waals surface area contributed by atoms with Crippen LogP contribution in [0.25, 0.3) is 32.3 Å². The predicted octanol–water partition coefficient (Wildman–Crippen LogP) is 11.1. The Morgan fingerprint density at radius 1 is 0.416 bits per heavy atom. The first-order valence-corrected chi connectivity index (χ1v) is 44.0. The fraction of sp³-hybridized carbons (Fsp3) is 0.469. The number of piperazine rings is 3. The maximum atomic E-state index is 13.9. The molecule has 125 heavy (non-hydrogen) atoms. The highest BCUT2D eigenvalue weighted by molar-refractivity contribution is 5.98. The lowest BCUT2D eigenvalue weighted by Crippen LogP contribution is -2.49. The molecule has 29 heteroatoms. The van der Waals surface area contributed by atoms with Crippen LogP contribution in [0.4, 0.5) is 38.9 Å². The summed E-state index contributed by atoms with van der Waals surface area (Å²) in [6.07, 6.45) is 10.4. The number of likely N-dealkylation sites (tertiary alicyclic amines) is 2. The van der Waals surface area contributed by atoms with Crippen LogP contribution in [-0.4, -0.2) is 289 Å². The van der Waals surface area contributed by atoms with Gasteiger partial charge < -0.3 is 83.3 Å². The molecule has 3 atom stereocenters. The lowest BCUT2D eigenvalue weighted by Gasteiger charge is -2.38. The van der Waals surface area contributed by atoms with E-state index in [4.69, 9.17) is 48.9 Å². The Kier molecular flexibility index (Phi) is 28.6. The van der Waals surface area contributed by atoms with Gasteiger partial charge in [0.05, 0.1) is 63.1 Å². The summed E-state index contributed by atoms with van der Waals surface area (Å²) in [6, 6.07) is 36.4. The van der Waals surface area contributed by atoms with Gasteiger partial charge in [0.2, 0.25) is 17.7 Å². The number of carbonyl (C=O) groups is 3. The number of phenolic OH excluding ortho intramolecular Hbond substituents is 3. The third-order valence-corrected chi connectivity index (χ3v) is 25.7. The number of aromatic nitrogens is 6. The topological polar surface area (TPSA) is 265 Å². The highest BCUT2D eigenvalue weighted by Crippen LogP contribution is 2.46. The summed E-state index contributed by atoms with van der Waals surface area (Å²) >= 11 is 0. The van der Waals surface area contributed by atoms with Crippen molar-refractivity contribution >= 4 is 84.6 Å². The van der Waals surface area contributed by atoms with Gasteiger partial charge in [-0.2, -0.15) is 29.9 Å². The number of anilines is 6. The third kappa shape index (κ3) is 20.8. The van der Waals surface area contributed by atoms with Crippen LogP contribution in [0.2, 0.25) is 0 Å². The largest absolute Gasteiger partial charge is 0.508 e. The minimum Gasteiger partial charge on any atom is -0.508 e. The molecule has 10 aliphatic rings. The molecular formula is C96H121FN18O10. The van der Waals surface area contributed by atoms with Crippen LogP contribution in [0.3, 0.4) is 0 Å². The van der Waals surface area contributed by atoms with Crippen molar-refractivity contribution in [2.45, 2.75) is 92.0 Å². The van der Waals surface area contributed by atoms with Gasteiger partial charge >= 0.3 is 18.0 Å². The van der Waals surface area contributed by atoms with E-state index in [-0.39, 0.29) is 49.8 Å². The molecule has 662 valence electrons. The Bertz CT molecular complexity index is 5120. The Morgan fingerprint density at radius 2 is 0.776 bits per heavy atom. The molecule has 0 spiro atoms. The number of fused-ring (bicyclic) bond motifs is 7. The molecule has 1 aliphatic carbocycles. The van der Waals surface area contributed by atoms with E-state index in [0.717, 1.165) is 217 Å². The van der Waals surface area contributed by atoms with Crippen molar-refractivity contribution in [3.63, 3.8) is 0 Å². The third-order valence-electron chi connectivity index (χ3n) is 25.7. The van der Waals surface area contributed by atoms with E-state index >= 15 is 0 Å². The molecule has 28 nitrogen and oxygen atoms in total. The summed E-state index contributed by atoms with van der Waals surface area (Å²) < 4.78 is 37.8. The fourth-order valence-corrected chi connectivity index (χ4v) is 19.0. The first-order chi connectivity index (χ1) is 60.1. The fourth-order valence-electron chi connectivity index (χ4n) is 19.0. The molecule has 0 bridgehead atoms. The minimum atomic E-state index is -0.776. The van der Waals surface area contributed by atoms with Crippen molar-refractivity contribution in [2.24, 2.45) is 11.8 Å². The number of halogens is 1. The van der Waals surface area contributed by atoms with Crippen molar-refractivity contribution in [1.29, 1.82) is 0 Å². The van der Waals surface area contributed by atoms with Crippen LogP contribution < -0.4 is 43.6 Å². The van der Waals surface area contributed by atoms with E-state index in [1.165, 1.54) is 37.7 Å². The number of benzene rings is 6. The number of aromatic hydroxyl groups is 3. The predicted molar refractivity (Wildman–Crippen MR) is 489 cm³/mol. The number of ether oxygens (including phenoxy) is 4. The number of phenols is 3. The summed E-state index contributed by atoms with van der Waals surface area (Å²) in [5.74, 6) is 5.21. The number of hydrogen-bond acceptors (Lipinski definition) is 25. The van der Waals surface area contributed by atoms with E-state index in [1.54, 1.807) is 17.0 Å². The number of rotatable bonds is 23. The summed E-state index contributed by atoms with van der Waals surface area (Å²) in [5, 5.41) is 37.7. The molecule has 3 aromatic heterocycles. The number of hydrogen-bond donors (Lipinski definition) is 3. The molecule has 3 amide bonds. The average Bonchev–Trinajstić information content (AvgIpc) is 1.68. The Balaban J connectivity index is 0.000000144. The van der Waals surface area contributed by atoms with Gasteiger partial charge in [-0.25, -0.2) is 4.39 Å². The molecular weight excluding hydrogens is 1580 g/mol. The molecule has 1 saturated carbocycles. The van der Waals surface area contributed by atoms with Crippen LogP contribution in [0.15, 0.2) is 147 Å². The molecule has 6 aromatic carbocycles. The number of carbonyl (C=O) groups excluding carboxylic acids is 3. The summed E-state index contributed by atoms with van der Waals surface area (Å²) in [7, 11) is 0. The van der Waals surface area contributed by atoms with E-state index in [9.17, 15) is 34.1 Å². The maximum absolute atomic E-state index is 13.9. The number of alkyl halides is 1.